The highest BCUT2D eigenvalue weighted by molar-refractivity contribution is 5.54. The van der Waals surface area contributed by atoms with E-state index in [1.54, 1.807) is 0 Å². The molecule has 0 aliphatic carbocycles. The van der Waals surface area contributed by atoms with Crippen molar-refractivity contribution in [2.24, 2.45) is 0 Å². The molecule has 0 unspecified atom stereocenters. The zero-order valence-corrected chi connectivity index (χ0v) is 5.54. The van der Waals surface area contributed by atoms with E-state index in [-0.39, 0.29) is 0 Å². The van der Waals surface area contributed by atoms with E-state index in [9.17, 15) is 0 Å². The van der Waals surface area contributed by atoms with Gasteiger partial charge in [-0.3, -0.25) is 5.32 Å². The van der Waals surface area contributed by atoms with Gasteiger partial charge in [-0.05, 0) is 23.3 Å². The molecule has 0 saturated heterocycles. The Balaban J connectivity index is 2.54. The Morgan fingerprint density at radius 3 is 3.40 bits per heavy atom. The lowest BCUT2D eigenvalue weighted by Gasteiger charge is -2.07. The van der Waals surface area contributed by atoms with Gasteiger partial charge in [-0.15, -0.1) is 0 Å². The average Bonchev–Trinajstić information content (AvgIpc) is 2.05. The van der Waals surface area contributed by atoms with Gasteiger partial charge in [0.1, 0.15) is 0 Å². The standard InChI is InChI=1S/C9H7N/c1-2-4-9-7-10-6-5-8(9)3-1/h1-3,5-6H,7H2. The van der Waals surface area contributed by atoms with E-state index >= 15 is 0 Å². The normalized spacial score (nSPS) is 14.0. The summed E-state index contributed by atoms with van der Waals surface area (Å²) in [5, 5.41) is 4.11. The molecule has 1 aliphatic heterocycles. The van der Waals surface area contributed by atoms with Crippen LogP contribution in [0.1, 0.15) is 11.1 Å². The van der Waals surface area contributed by atoms with Crippen LogP contribution in [-0.2, 0) is 6.54 Å². The zero-order chi connectivity index (χ0) is 6.81. The fourth-order valence-electron chi connectivity index (χ4n) is 1.05. The Kier molecular flexibility index (Phi) is 1.21. The van der Waals surface area contributed by atoms with E-state index in [0.717, 1.165) is 6.54 Å². The highest BCUT2D eigenvalue weighted by Crippen LogP contribution is 2.12. The maximum absolute atomic E-state index is 4.11. The van der Waals surface area contributed by atoms with Gasteiger partial charge < -0.3 is 0 Å². The molecular weight excluding hydrogens is 122 g/mol. The van der Waals surface area contributed by atoms with Crippen molar-refractivity contribution in [1.29, 1.82) is 0 Å². The first-order valence-corrected chi connectivity index (χ1v) is 3.29. The van der Waals surface area contributed by atoms with Crippen LogP contribution >= 0.6 is 0 Å². The number of rotatable bonds is 0. The number of fused-ring (bicyclic) bond motifs is 1. The molecule has 0 fully saturated rings. The van der Waals surface area contributed by atoms with Crippen molar-refractivity contribution in [2.45, 2.75) is 6.54 Å². The van der Waals surface area contributed by atoms with Gasteiger partial charge in [0, 0.05) is 6.20 Å². The first kappa shape index (κ1) is 5.54. The minimum atomic E-state index is 0.784. The van der Waals surface area contributed by atoms with Crippen molar-refractivity contribution in [3.05, 3.63) is 41.6 Å². The van der Waals surface area contributed by atoms with Crippen LogP contribution in [0.25, 0.3) is 6.08 Å². The van der Waals surface area contributed by atoms with Gasteiger partial charge in [0.05, 0.1) is 6.54 Å². The Hall–Kier alpha value is -1.24. The first-order valence-electron chi connectivity index (χ1n) is 3.29. The lowest BCUT2D eigenvalue weighted by Crippen LogP contribution is -2.02. The van der Waals surface area contributed by atoms with E-state index < -0.39 is 0 Å². The van der Waals surface area contributed by atoms with Crippen LogP contribution in [0, 0.1) is 6.07 Å². The summed E-state index contributed by atoms with van der Waals surface area (Å²) in [6.45, 7) is 0.784. The van der Waals surface area contributed by atoms with E-state index in [0.29, 0.717) is 0 Å². The monoisotopic (exact) mass is 129 g/mol. The van der Waals surface area contributed by atoms with Crippen LogP contribution in [0.4, 0.5) is 0 Å². The molecule has 0 N–H and O–H groups in total. The summed E-state index contributed by atoms with van der Waals surface area (Å²) in [5.74, 6) is 0. The Labute approximate surface area is 60.4 Å². The molecule has 0 aromatic heterocycles. The molecular formula is C9H7N. The zero-order valence-electron chi connectivity index (χ0n) is 5.54. The van der Waals surface area contributed by atoms with Gasteiger partial charge in [0.2, 0.25) is 0 Å². The lowest BCUT2D eigenvalue weighted by atomic mass is 10.1. The molecule has 2 radical (unpaired) electrons. The van der Waals surface area contributed by atoms with Crippen molar-refractivity contribution in [1.82, 2.24) is 5.32 Å². The molecule has 0 amide bonds. The second-order valence-electron chi connectivity index (χ2n) is 2.26. The summed E-state index contributed by atoms with van der Waals surface area (Å²) >= 11 is 0. The van der Waals surface area contributed by atoms with Gasteiger partial charge in [0.25, 0.3) is 0 Å². The summed E-state index contributed by atoms with van der Waals surface area (Å²) in [4.78, 5) is 0. The highest BCUT2D eigenvalue weighted by atomic mass is 14.8. The molecule has 1 aromatic rings. The van der Waals surface area contributed by atoms with Gasteiger partial charge in [-0.25, -0.2) is 0 Å². The lowest BCUT2D eigenvalue weighted by molar-refractivity contribution is 0.840. The Morgan fingerprint density at radius 2 is 2.50 bits per heavy atom. The molecule has 0 bridgehead atoms. The van der Waals surface area contributed by atoms with Crippen LogP contribution in [0.2, 0.25) is 0 Å². The Bertz CT molecular complexity index is 263. The third kappa shape index (κ3) is 0.798. The third-order valence-corrected chi connectivity index (χ3v) is 1.59. The smallest absolute Gasteiger partial charge is 0.0651 e. The molecule has 0 atom stereocenters. The maximum Gasteiger partial charge on any atom is 0.0651 e. The summed E-state index contributed by atoms with van der Waals surface area (Å²) in [7, 11) is 0. The van der Waals surface area contributed by atoms with Gasteiger partial charge >= 0.3 is 0 Å². The van der Waals surface area contributed by atoms with E-state index in [4.69, 9.17) is 0 Å². The maximum atomic E-state index is 4.11. The molecule has 2 rings (SSSR count). The first-order chi connectivity index (χ1) is 4.97. The van der Waals surface area contributed by atoms with Crippen LogP contribution in [0.15, 0.2) is 24.4 Å². The van der Waals surface area contributed by atoms with E-state index in [2.05, 4.69) is 17.4 Å². The molecule has 1 aromatic carbocycles. The van der Waals surface area contributed by atoms with Crippen LogP contribution in [0.3, 0.4) is 0 Å². The van der Waals surface area contributed by atoms with Crippen molar-refractivity contribution in [3.63, 3.8) is 0 Å². The van der Waals surface area contributed by atoms with Crippen molar-refractivity contribution in [2.75, 3.05) is 0 Å². The average molecular weight is 129 g/mol. The molecule has 1 nitrogen and oxygen atoms in total. The fourth-order valence-corrected chi connectivity index (χ4v) is 1.05. The molecule has 0 saturated carbocycles. The molecule has 1 aliphatic rings. The van der Waals surface area contributed by atoms with Crippen LogP contribution in [-0.4, -0.2) is 0 Å². The van der Waals surface area contributed by atoms with Crippen molar-refractivity contribution in [3.8, 4) is 0 Å². The predicted molar refractivity (Wildman–Crippen MR) is 40.2 cm³/mol. The summed E-state index contributed by atoms with van der Waals surface area (Å²) in [6.07, 6.45) is 3.85. The summed E-state index contributed by atoms with van der Waals surface area (Å²) in [5.41, 5.74) is 2.45. The van der Waals surface area contributed by atoms with Crippen LogP contribution < -0.4 is 5.32 Å². The third-order valence-electron chi connectivity index (χ3n) is 1.59. The summed E-state index contributed by atoms with van der Waals surface area (Å²) < 4.78 is 0. The molecule has 1 heteroatoms. The largest absolute Gasteiger partial charge is 0.288 e. The second-order valence-corrected chi connectivity index (χ2v) is 2.26. The molecule has 10 heavy (non-hydrogen) atoms. The quantitative estimate of drug-likeness (QED) is 0.505. The van der Waals surface area contributed by atoms with Gasteiger partial charge in [-0.1, -0.05) is 18.2 Å². The molecule has 1 heterocycles. The SMILES string of the molecule is [c]1cccc2c1C[N]C=C2. The summed E-state index contributed by atoms with van der Waals surface area (Å²) in [6, 6.07) is 9.14. The highest BCUT2D eigenvalue weighted by Gasteiger charge is 2.01. The van der Waals surface area contributed by atoms with Gasteiger partial charge in [-0.2, -0.15) is 0 Å². The fraction of sp³-hybridized carbons (Fsp3) is 0.111. The topological polar surface area (TPSA) is 14.1 Å². The number of hydrogen-bond donors (Lipinski definition) is 0. The minimum Gasteiger partial charge on any atom is -0.288 e. The number of hydrogen-bond acceptors (Lipinski definition) is 0. The van der Waals surface area contributed by atoms with Crippen LogP contribution in [0.5, 0.6) is 0 Å². The number of benzene rings is 1. The molecule has 0 spiro atoms. The number of nitrogens with zero attached hydrogens (tertiary/aromatic N) is 1. The second kappa shape index (κ2) is 2.18. The van der Waals surface area contributed by atoms with Gasteiger partial charge in [0.15, 0.2) is 0 Å². The van der Waals surface area contributed by atoms with E-state index in [1.165, 1.54) is 11.1 Å². The Morgan fingerprint density at radius 1 is 1.50 bits per heavy atom. The van der Waals surface area contributed by atoms with Crippen molar-refractivity contribution >= 4 is 6.08 Å². The van der Waals surface area contributed by atoms with Crippen molar-refractivity contribution < 1.29 is 0 Å². The minimum absolute atomic E-state index is 0.784. The van der Waals surface area contributed by atoms with E-state index in [1.807, 2.05) is 24.4 Å². The predicted octanol–water partition coefficient (Wildman–Crippen LogP) is 1.58. The molecule has 48 valence electrons.